The number of aliphatic carboxylic acids is 1. The highest BCUT2D eigenvalue weighted by Crippen LogP contribution is 2.44. The van der Waals surface area contributed by atoms with E-state index in [0.29, 0.717) is 0 Å². The summed E-state index contributed by atoms with van der Waals surface area (Å²) in [4.78, 5) is 10.4. The number of carboxylic acids is 1. The molecule has 0 aliphatic carbocycles. The van der Waals surface area contributed by atoms with Crippen molar-refractivity contribution in [2.45, 2.75) is 32.4 Å². The van der Waals surface area contributed by atoms with Gasteiger partial charge in [-0.05, 0) is 20.3 Å². The van der Waals surface area contributed by atoms with E-state index in [9.17, 15) is 9.36 Å². The Morgan fingerprint density at radius 2 is 2.07 bits per heavy atom. The molecule has 2 atom stereocenters. The number of nitrogens with two attached hydrogens (primary N) is 1. The molecular weight excluding hydrogens is 205 g/mol. The van der Waals surface area contributed by atoms with Crippen LogP contribution in [0.15, 0.2) is 0 Å². The summed E-state index contributed by atoms with van der Waals surface area (Å²) in [5, 5.41) is 8.51. The van der Waals surface area contributed by atoms with Crippen molar-refractivity contribution < 1.29 is 19.0 Å². The van der Waals surface area contributed by atoms with Crippen molar-refractivity contribution in [1.82, 2.24) is 0 Å². The lowest BCUT2D eigenvalue weighted by molar-refractivity contribution is -0.138. The summed E-state index contributed by atoms with van der Waals surface area (Å²) in [5.74, 6) is -1.07. The van der Waals surface area contributed by atoms with Crippen LogP contribution in [0.2, 0.25) is 0 Å². The van der Waals surface area contributed by atoms with E-state index in [4.69, 9.17) is 15.4 Å². The van der Waals surface area contributed by atoms with Crippen molar-refractivity contribution >= 4 is 13.3 Å². The molecule has 0 saturated heterocycles. The zero-order chi connectivity index (χ0) is 11.4. The Morgan fingerprint density at radius 3 is 2.43 bits per heavy atom. The van der Waals surface area contributed by atoms with Gasteiger partial charge in [0.2, 0.25) is 7.37 Å². The second kappa shape index (κ2) is 5.49. The number of carbonyl (C=O) groups is 1. The van der Waals surface area contributed by atoms with Gasteiger partial charge in [0.05, 0.1) is 6.10 Å². The molecule has 6 heteroatoms. The molecule has 0 rings (SSSR count). The lowest BCUT2D eigenvalue weighted by Crippen LogP contribution is -2.31. The standard InChI is InChI=1S/C8H18NO4P/c1-6(2)13-14(3,12)5-4-7(9)8(10)11/h6-7H,4-5,9H2,1-3H3,(H,10,11). The first kappa shape index (κ1) is 13.6. The molecular formula is C8H18NO4P. The average Bonchev–Trinajstić information content (AvgIpc) is 1.97. The van der Waals surface area contributed by atoms with Crippen LogP contribution >= 0.6 is 7.37 Å². The molecule has 84 valence electrons. The van der Waals surface area contributed by atoms with E-state index in [1.54, 1.807) is 13.8 Å². The quantitative estimate of drug-likeness (QED) is 0.658. The van der Waals surface area contributed by atoms with Gasteiger partial charge in [0, 0.05) is 12.8 Å². The van der Waals surface area contributed by atoms with Crippen LogP contribution in [-0.4, -0.2) is 36.0 Å². The van der Waals surface area contributed by atoms with Crippen LogP contribution in [0.4, 0.5) is 0 Å². The van der Waals surface area contributed by atoms with Gasteiger partial charge in [-0.1, -0.05) is 0 Å². The Kier molecular flexibility index (Phi) is 5.34. The maximum atomic E-state index is 11.7. The zero-order valence-corrected chi connectivity index (χ0v) is 9.66. The van der Waals surface area contributed by atoms with Crippen LogP contribution in [0.25, 0.3) is 0 Å². The monoisotopic (exact) mass is 223 g/mol. The predicted molar refractivity (Wildman–Crippen MR) is 54.8 cm³/mol. The molecule has 0 saturated carbocycles. The van der Waals surface area contributed by atoms with Crippen LogP contribution in [0, 0.1) is 0 Å². The SMILES string of the molecule is CC(C)OP(C)(=O)CCC(N)C(=O)O. The van der Waals surface area contributed by atoms with Gasteiger partial charge in [0.25, 0.3) is 0 Å². The maximum absolute atomic E-state index is 11.7. The first-order valence-electron chi connectivity index (χ1n) is 4.48. The molecule has 3 N–H and O–H groups in total. The van der Waals surface area contributed by atoms with Crippen molar-refractivity contribution in [2.24, 2.45) is 5.73 Å². The lowest BCUT2D eigenvalue weighted by Gasteiger charge is -2.17. The minimum atomic E-state index is -2.69. The lowest BCUT2D eigenvalue weighted by atomic mass is 10.2. The van der Waals surface area contributed by atoms with Crippen LogP contribution in [0.5, 0.6) is 0 Å². The summed E-state index contributed by atoms with van der Waals surface area (Å²) in [5.41, 5.74) is 5.28. The molecule has 0 amide bonds. The summed E-state index contributed by atoms with van der Waals surface area (Å²) < 4.78 is 16.9. The van der Waals surface area contributed by atoms with Crippen molar-refractivity contribution in [3.05, 3.63) is 0 Å². The average molecular weight is 223 g/mol. The first-order chi connectivity index (χ1) is 6.24. The van der Waals surface area contributed by atoms with E-state index < -0.39 is 19.4 Å². The predicted octanol–water partition coefficient (Wildman–Crippen LogP) is 1.12. The van der Waals surface area contributed by atoms with Crippen LogP contribution in [-0.2, 0) is 13.9 Å². The fourth-order valence-electron chi connectivity index (χ4n) is 0.996. The smallest absolute Gasteiger partial charge is 0.320 e. The Labute approximate surface area is 84.1 Å². The molecule has 0 aromatic heterocycles. The van der Waals surface area contributed by atoms with Gasteiger partial charge < -0.3 is 15.4 Å². The summed E-state index contributed by atoms with van der Waals surface area (Å²) in [6.45, 7) is 5.07. The van der Waals surface area contributed by atoms with Crippen LogP contribution in [0.1, 0.15) is 20.3 Å². The van der Waals surface area contributed by atoms with Gasteiger partial charge in [-0.2, -0.15) is 0 Å². The fourth-order valence-corrected chi connectivity index (χ4v) is 2.74. The molecule has 0 aromatic rings. The molecule has 0 aromatic carbocycles. The van der Waals surface area contributed by atoms with Crippen molar-refractivity contribution in [3.63, 3.8) is 0 Å². The summed E-state index contributed by atoms with van der Waals surface area (Å²) in [7, 11) is -2.69. The van der Waals surface area contributed by atoms with Gasteiger partial charge in [-0.25, -0.2) is 0 Å². The zero-order valence-electron chi connectivity index (χ0n) is 8.77. The van der Waals surface area contributed by atoms with Gasteiger partial charge in [0.1, 0.15) is 6.04 Å². The highest BCUT2D eigenvalue weighted by molar-refractivity contribution is 7.58. The number of rotatable bonds is 6. The number of carboxylic acid groups (broad SMARTS) is 1. The summed E-state index contributed by atoms with van der Waals surface area (Å²) in [6.07, 6.45) is 0.265. The molecule has 0 radical (unpaired) electrons. The van der Waals surface area contributed by atoms with E-state index in [0.717, 1.165) is 0 Å². The minimum absolute atomic E-state index is 0.119. The van der Waals surface area contributed by atoms with Gasteiger partial charge in [-0.3, -0.25) is 9.36 Å². The summed E-state index contributed by atoms with van der Waals surface area (Å²) in [6, 6.07) is -0.959. The Bertz CT molecular complexity index is 241. The number of hydrogen-bond donors (Lipinski definition) is 2. The van der Waals surface area contributed by atoms with Gasteiger partial charge >= 0.3 is 5.97 Å². The topological polar surface area (TPSA) is 89.6 Å². The molecule has 0 fully saturated rings. The number of hydrogen-bond acceptors (Lipinski definition) is 4. The maximum Gasteiger partial charge on any atom is 0.320 e. The van der Waals surface area contributed by atoms with Crippen LogP contribution in [0.3, 0.4) is 0 Å². The normalized spacial score (nSPS) is 17.8. The molecule has 14 heavy (non-hydrogen) atoms. The molecule has 0 aliphatic heterocycles. The Morgan fingerprint density at radius 1 is 1.57 bits per heavy atom. The van der Waals surface area contributed by atoms with Crippen molar-refractivity contribution in [1.29, 1.82) is 0 Å². The molecule has 0 aliphatic rings. The molecule has 0 bridgehead atoms. The Hall–Kier alpha value is -0.380. The van der Waals surface area contributed by atoms with Crippen LogP contribution < -0.4 is 5.73 Å². The third kappa shape index (κ3) is 6.13. The molecule has 5 nitrogen and oxygen atoms in total. The second-order valence-corrected chi connectivity index (χ2v) is 6.31. The van der Waals surface area contributed by atoms with Gasteiger partial charge in [0.15, 0.2) is 0 Å². The van der Waals surface area contributed by atoms with Gasteiger partial charge in [-0.15, -0.1) is 0 Å². The second-order valence-electron chi connectivity index (χ2n) is 3.63. The summed E-state index contributed by atoms with van der Waals surface area (Å²) >= 11 is 0. The molecule has 0 spiro atoms. The van der Waals surface area contributed by atoms with E-state index in [1.807, 2.05) is 0 Å². The van der Waals surface area contributed by atoms with E-state index >= 15 is 0 Å². The van der Waals surface area contributed by atoms with Crippen molar-refractivity contribution in [3.8, 4) is 0 Å². The van der Waals surface area contributed by atoms with Crippen molar-refractivity contribution in [2.75, 3.05) is 12.8 Å². The molecule has 0 heterocycles. The fraction of sp³-hybridized carbons (Fsp3) is 0.875. The third-order valence-corrected chi connectivity index (χ3v) is 3.54. The minimum Gasteiger partial charge on any atom is -0.480 e. The first-order valence-corrected chi connectivity index (χ1v) is 6.73. The van der Waals surface area contributed by atoms with E-state index in [-0.39, 0.29) is 18.7 Å². The van der Waals surface area contributed by atoms with E-state index in [1.165, 1.54) is 6.66 Å². The third-order valence-electron chi connectivity index (χ3n) is 1.60. The molecule has 2 unspecified atom stereocenters. The highest BCUT2D eigenvalue weighted by Gasteiger charge is 2.21. The highest BCUT2D eigenvalue weighted by atomic mass is 31.2. The Balaban J connectivity index is 3.99. The van der Waals surface area contributed by atoms with E-state index in [2.05, 4.69) is 0 Å². The largest absolute Gasteiger partial charge is 0.480 e.